The smallest absolute Gasteiger partial charge is 0.191 e. The Bertz CT molecular complexity index is 962. The van der Waals surface area contributed by atoms with Gasteiger partial charge in [-0.1, -0.05) is 36.8 Å². The Hall–Kier alpha value is -3.16. The van der Waals surface area contributed by atoms with E-state index in [1.165, 1.54) is 11.1 Å². The standard InChI is InChI=1S/C21H30N8/c1-5-22-21(25-12-16(3)17-8-6-7-15(2)11-17)24-10-9-23-19-18-13-28-29(4)20(18)27-14-26-19/h6-8,11,13-14,16H,5,9-10,12H2,1-4H3,(H2,22,24,25)(H,23,26,27). The quantitative estimate of drug-likeness (QED) is 0.309. The van der Waals surface area contributed by atoms with Crippen LogP contribution in [0.5, 0.6) is 0 Å². The Morgan fingerprint density at radius 3 is 2.86 bits per heavy atom. The summed E-state index contributed by atoms with van der Waals surface area (Å²) in [4.78, 5) is 13.3. The number of anilines is 1. The largest absolute Gasteiger partial charge is 0.368 e. The molecule has 0 spiro atoms. The van der Waals surface area contributed by atoms with Gasteiger partial charge in [0.05, 0.1) is 11.6 Å². The van der Waals surface area contributed by atoms with Gasteiger partial charge in [-0.2, -0.15) is 5.10 Å². The van der Waals surface area contributed by atoms with Gasteiger partial charge in [0, 0.05) is 39.1 Å². The second-order valence-corrected chi connectivity index (χ2v) is 7.12. The van der Waals surface area contributed by atoms with Crippen LogP contribution >= 0.6 is 0 Å². The molecule has 0 radical (unpaired) electrons. The van der Waals surface area contributed by atoms with Crippen LogP contribution in [0.15, 0.2) is 41.8 Å². The van der Waals surface area contributed by atoms with Crippen LogP contribution in [0.3, 0.4) is 0 Å². The van der Waals surface area contributed by atoms with Crippen LogP contribution in [0, 0.1) is 6.92 Å². The second kappa shape index (κ2) is 9.86. The molecule has 0 amide bonds. The van der Waals surface area contributed by atoms with E-state index < -0.39 is 0 Å². The van der Waals surface area contributed by atoms with Crippen LogP contribution in [0.2, 0.25) is 0 Å². The number of guanidine groups is 1. The van der Waals surface area contributed by atoms with Gasteiger partial charge in [-0.25, -0.2) is 9.97 Å². The first kappa shape index (κ1) is 20.6. The van der Waals surface area contributed by atoms with Gasteiger partial charge in [0.2, 0.25) is 0 Å². The van der Waals surface area contributed by atoms with Crippen molar-refractivity contribution in [2.45, 2.75) is 26.7 Å². The minimum absolute atomic E-state index is 0.364. The molecular formula is C21H30N8. The number of nitrogens with zero attached hydrogens (tertiary/aromatic N) is 5. The zero-order chi connectivity index (χ0) is 20.6. The molecule has 0 bridgehead atoms. The monoisotopic (exact) mass is 394 g/mol. The Kier molecular flexibility index (Phi) is 6.99. The number of benzene rings is 1. The van der Waals surface area contributed by atoms with Crippen LogP contribution < -0.4 is 16.0 Å². The van der Waals surface area contributed by atoms with E-state index in [4.69, 9.17) is 4.99 Å². The fraction of sp³-hybridized carbons (Fsp3) is 0.429. The van der Waals surface area contributed by atoms with Crippen molar-refractivity contribution in [1.29, 1.82) is 0 Å². The number of aliphatic imine (C=N–C) groups is 1. The molecule has 1 unspecified atom stereocenters. The highest BCUT2D eigenvalue weighted by atomic mass is 15.3. The van der Waals surface area contributed by atoms with Gasteiger partial charge in [-0.3, -0.25) is 9.67 Å². The predicted octanol–water partition coefficient (Wildman–Crippen LogP) is 2.44. The molecular weight excluding hydrogens is 364 g/mol. The summed E-state index contributed by atoms with van der Waals surface area (Å²) in [6.07, 6.45) is 3.33. The molecule has 3 rings (SSSR count). The third-order valence-corrected chi connectivity index (χ3v) is 4.72. The van der Waals surface area contributed by atoms with Crippen molar-refractivity contribution >= 4 is 22.8 Å². The van der Waals surface area contributed by atoms with E-state index in [2.05, 4.69) is 76.1 Å². The maximum Gasteiger partial charge on any atom is 0.191 e. The lowest BCUT2D eigenvalue weighted by atomic mass is 10.00. The van der Waals surface area contributed by atoms with Crippen LogP contribution in [-0.4, -0.2) is 51.9 Å². The molecule has 2 aromatic heterocycles. The average Bonchev–Trinajstić information content (AvgIpc) is 3.10. The van der Waals surface area contributed by atoms with E-state index >= 15 is 0 Å². The Labute approximate surface area is 171 Å². The molecule has 0 aliphatic heterocycles. The minimum Gasteiger partial charge on any atom is -0.368 e. The van der Waals surface area contributed by atoms with Crippen LogP contribution in [-0.2, 0) is 7.05 Å². The van der Waals surface area contributed by atoms with Crippen molar-refractivity contribution < 1.29 is 0 Å². The van der Waals surface area contributed by atoms with E-state index in [0.29, 0.717) is 12.5 Å². The van der Waals surface area contributed by atoms with Crippen molar-refractivity contribution in [1.82, 2.24) is 30.4 Å². The lowest BCUT2D eigenvalue weighted by molar-refractivity contribution is 0.749. The molecule has 0 fully saturated rings. The van der Waals surface area contributed by atoms with Gasteiger partial charge in [-0.15, -0.1) is 0 Å². The number of rotatable bonds is 8. The highest BCUT2D eigenvalue weighted by Gasteiger charge is 2.08. The van der Waals surface area contributed by atoms with Gasteiger partial charge >= 0.3 is 0 Å². The SMILES string of the molecule is CCNC(=NCC(C)c1cccc(C)c1)NCCNc1ncnc2c1cnn2C. The van der Waals surface area contributed by atoms with Gasteiger partial charge in [-0.05, 0) is 19.4 Å². The summed E-state index contributed by atoms with van der Waals surface area (Å²) in [6.45, 7) is 9.37. The third kappa shape index (κ3) is 5.43. The third-order valence-electron chi connectivity index (χ3n) is 4.72. The Morgan fingerprint density at radius 2 is 2.07 bits per heavy atom. The molecule has 0 saturated heterocycles. The lowest BCUT2D eigenvalue weighted by Crippen LogP contribution is -2.39. The molecule has 8 heteroatoms. The molecule has 3 N–H and O–H groups in total. The van der Waals surface area contributed by atoms with E-state index in [9.17, 15) is 0 Å². The van der Waals surface area contributed by atoms with E-state index in [-0.39, 0.29) is 0 Å². The van der Waals surface area contributed by atoms with E-state index in [1.807, 2.05) is 7.05 Å². The summed E-state index contributed by atoms with van der Waals surface area (Å²) in [6, 6.07) is 8.62. The number of hydrogen-bond acceptors (Lipinski definition) is 5. The summed E-state index contributed by atoms with van der Waals surface area (Å²) < 4.78 is 1.74. The topological polar surface area (TPSA) is 92.1 Å². The first-order valence-electron chi connectivity index (χ1n) is 10.0. The first-order valence-corrected chi connectivity index (χ1v) is 10.0. The van der Waals surface area contributed by atoms with Crippen molar-refractivity contribution in [2.75, 3.05) is 31.5 Å². The number of nitrogens with one attached hydrogen (secondary N) is 3. The number of fused-ring (bicyclic) bond motifs is 1. The lowest BCUT2D eigenvalue weighted by Gasteiger charge is -2.14. The molecule has 3 aromatic rings. The molecule has 0 saturated carbocycles. The summed E-state index contributed by atoms with van der Waals surface area (Å²) in [5.74, 6) is 1.98. The van der Waals surface area contributed by atoms with Gasteiger partial charge in [0.1, 0.15) is 12.1 Å². The van der Waals surface area contributed by atoms with Gasteiger partial charge in [0.25, 0.3) is 0 Å². The number of aryl methyl sites for hydroxylation is 2. The first-order chi connectivity index (χ1) is 14.1. The molecule has 29 heavy (non-hydrogen) atoms. The van der Waals surface area contributed by atoms with Crippen molar-refractivity contribution in [3.8, 4) is 0 Å². The maximum absolute atomic E-state index is 4.74. The summed E-state index contributed by atoms with van der Waals surface area (Å²) in [5.41, 5.74) is 3.41. The van der Waals surface area contributed by atoms with Crippen LogP contribution in [0.25, 0.3) is 11.0 Å². The molecule has 154 valence electrons. The minimum atomic E-state index is 0.364. The molecule has 0 aliphatic rings. The summed E-state index contributed by atoms with van der Waals surface area (Å²) in [7, 11) is 1.87. The normalized spacial score (nSPS) is 12.8. The summed E-state index contributed by atoms with van der Waals surface area (Å²) >= 11 is 0. The highest BCUT2D eigenvalue weighted by molar-refractivity contribution is 5.86. The van der Waals surface area contributed by atoms with Crippen molar-refractivity contribution in [3.63, 3.8) is 0 Å². The van der Waals surface area contributed by atoms with Gasteiger partial charge < -0.3 is 16.0 Å². The van der Waals surface area contributed by atoms with Gasteiger partial charge in [0.15, 0.2) is 11.6 Å². The van der Waals surface area contributed by atoms with E-state index in [1.54, 1.807) is 17.2 Å². The zero-order valence-corrected chi connectivity index (χ0v) is 17.6. The van der Waals surface area contributed by atoms with Crippen molar-refractivity contribution in [3.05, 3.63) is 47.9 Å². The molecule has 1 aromatic carbocycles. The molecule has 2 heterocycles. The molecule has 8 nitrogen and oxygen atoms in total. The molecule has 0 aliphatic carbocycles. The summed E-state index contributed by atoms with van der Waals surface area (Å²) in [5, 5.41) is 15.2. The number of hydrogen-bond donors (Lipinski definition) is 3. The Morgan fingerprint density at radius 1 is 1.21 bits per heavy atom. The fourth-order valence-corrected chi connectivity index (χ4v) is 3.12. The second-order valence-electron chi connectivity index (χ2n) is 7.12. The predicted molar refractivity (Wildman–Crippen MR) is 118 cm³/mol. The highest BCUT2D eigenvalue weighted by Crippen LogP contribution is 2.17. The Balaban J connectivity index is 1.53. The fourth-order valence-electron chi connectivity index (χ4n) is 3.12. The number of aromatic nitrogens is 4. The van der Waals surface area contributed by atoms with Crippen molar-refractivity contribution in [2.24, 2.45) is 12.0 Å². The molecule has 1 atom stereocenters. The zero-order valence-electron chi connectivity index (χ0n) is 17.6. The van der Waals surface area contributed by atoms with Crippen LogP contribution in [0.1, 0.15) is 30.9 Å². The maximum atomic E-state index is 4.74. The van der Waals surface area contributed by atoms with E-state index in [0.717, 1.165) is 42.4 Å². The van der Waals surface area contributed by atoms with Crippen LogP contribution in [0.4, 0.5) is 5.82 Å². The average molecular weight is 395 g/mol.